The third kappa shape index (κ3) is 2.46. The number of hydrogen-bond acceptors (Lipinski definition) is 2. The van der Waals surface area contributed by atoms with Crippen LogP contribution in [0.5, 0.6) is 0 Å². The number of hydrogen-bond donors (Lipinski definition) is 0. The lowest BCUT2D eigenvalue weighted by Crippen LogP contribution is -2.24. The van der Waals surface area contributed by atoms with E-state index in [4.69, 9.17) is 6.42 Å². The predicted molar refractivity (Wildman–Crippen MR) is 93.5 cm³/mol. The number of thioether (sulfide) groups is 1. The van der Waals surface area contributed by atoms with E-state index in [1.807, 2.05) is 48.2 Å². The second-order valence-corrected chi connectivity index (χ2v) is 6.52. The molecule has 0 amide bonds. The zero-order valence-electron chi connectivity index (χ0n) is 12.6. The third-order valence-corrected chi connectivity index (χ3v) is 4.97. The minimum absolute atomic E-state index is 0.113. The lowest BCUT2D eigenvalue weighted by atomic mass is 9.71. The minimum atomic E-state index is 0.113. The normalized spacial score (nSPS) is 14.8. The number of rotatable bonds is 4. The summed E-state index contributed by atoms with van der Waals surface area (Å²) in [5, 5.41) is 0. The molecule has 0 fully saturated rings. The molecule has 1 nitrogen and oxygen atoms in total. The van der Waals surface area contributed by atoms with Gasteiger partial charge in [0.05, 0.1) is 0 Å². The zero-order chi connectivity index (χ0) is 15.5. The summed E-state index contributed by atoms with van der Waals surface area (Å²) < 4.78 is 0. The van der Waals surface area contributed by atoms with Crippen molar-refractivity contribution >= 4 is 17.5 Å². The molecule has 0 N–H and O–H groups in total. The molecule has 0 aliphatic heterocycles. The van der Waals surface area contributed by atoms with Crippen LogP contribution < -0.4 is 0 Å². The first-order chi connectivity index (χ1) is 10.8. The molecule has 2 heteroatoms. The first-order valence-corrected chi connectivity index (χ1v) is 8.85. The number of fused-ring (bicyclic) bond motifs is 2. The maximum atomic E-state index is 12.7. The van der Waals surface area contributed by atoms with E-state index in [9.17, 15) is 4.79 Å². The van der Waals surface area contributed by atoms with Gasteiger partial charge in [-0.05, 0) is 29.6 Å². The zero-order valence-corrected chi connectivity index (χ0v) is 13.4. The van der Waals surface area contributed by atoms with Crippen molar-refractivity contribution in [1.29, 1.82) is 0 Å². The molecule has 0 heterocycles. The summed E-state index contributed by atoms with van der Waals surface area (Å²) in [4.78, 5) is 12.7. The van der Waals surface area contributed by atoms with Gasteiger partial charge in [-0.3, -0.25) is 4.79 Å². The van der Waals surface area contributed by atoms with E-state index in [1.165, 1.54) is 0 Å². The second kappa shape index (κ2) is 6.42. The van der Waals surface area contributed by atoms with Gasteiger partial charge in [-0.15, -0.1) is 12.3 Å². The van der Waals surface area contributed by atoms with Crippen LogP contribution in [0.1, 0.15) is 39.4 Å². The molecule has 0 aromatic heterocycles. The van der Waals surface area contributed by atoms with Crippen molar-refractivity contribution in [1.82, 2.24) is 0 Å². The van der Waals surface area contributed by atoms with Gasteiger partial charge in [0.25, 0.3) is 0 Å². The van der Waals surface area contributed by atoms with E-state index in [1.54, 1.807) is 0 Å². The maximum Gasteiger partial charge on any atom is 0.193 e. The van der Waals surface area contributed by atoms with E-state index in [0.29, 0.717) is 0 Å². The van der Waals surface area contributed by atoms with Gasteiger partial charge in [-0.1, -0.05) is 48.5 Å². The molecule has 2 aromatic carbocycles. The van der Waals surface area contributed by atoms with E-state index >= 15 is 0 Å². The quantitative estimate of drug-likeness (QED) is 0.780. The summed E-state index contributed by atoms with van der Waals surface area (Å²) in [6.07, 6.45) is 8.90. The maximum absolute atomic E-state index is 12.7. The van der Waals surface area contributed by atoms with Gasteiger partial charge in [0.1, 0.15) is 0 Å². The minimum Gasteiger partial charge on any atom is -0.289 e. The average molecular weight is 306 g/mol. The largest absolute Gasteiger partial charge is 0.289 e. The Kier molecular flexibility index (Phi) is 4.36. The Morgan fingerprint density at radius 1 is 1.09 bits per heavy atom. The molecule has 1 aliphatic rings. The molecule has 0 radical (unpaired) electrons. The van der Waals surface area contributed by atoms with Crippen molar-refractivity contribution in [3.63, 3.8) is 0 Å². The summed E-state index contributed by atoms with van der Waals surface area (Å²) in [7, 11) is 0. The molecule has 0 saturated carbocycles. The summed E-state index contributed by atoms with van der Waals surface area (Å²) in [6.45, 7) is 0. The number of carbonyl (C=O) groups is 1. The fourth-order valence-electron chi connectivity index (χ4n) is 3.29. The lowest BCUT2D eigenvalue weighted by molar-refractivity contribution is 0.103. The smallest absolute Gasteiger partial charge is 0.193 e. The van der Waals surface area contributed by atoms with Gasteiger partial charge in [0, 0.05) is 23.0 Å². The van der Waals surface area contributed by atoms with Crippen molar-refractivity contribution in [2.24, 2.45) is 5.92 Å². The highest BCUT2D eigenvalue weighted by atomic mass is 32.2. The van der Waals surface area contributed by atoms with Crippen LogP contribution in [-0.4, -0.2) is 17.8 Å². The monoisotopic (exact) mass is 306 g/mol. The molecule has 3 rings (SSSR count). The number of benzene rings is 2. The first kappa shape index (κ1) is 14.9. The predicted octanol–water partition coefficient (Wildman–Crippen LogP) is 4.37. The Labute approximate surface area is 136 Å². The van der Waals surface area contributed by atoms with Gasteiger partial charge in [0.15, 0.2) is 5.78 Å². The summed E-state index contributed by atoms with van der Waals surface area (Å²) in [5.74, 6) is 4.35. The molecule has 1 atom stereocenters. The number of ketones is 1. The molecular formula is C20H18OS. The van der Waals surface area contributed by atoms with Crippen LogP contribution in [0.3, 0.4) is 0 Å². The number of terminal acetylenes is 1. The molecule has 0 saturated heterocycles. The van der Waals surface area contributed by atoms with E-state index in [0.717, 1.165) is 34.4 Å². The fraction of sp³-hybridized carbons (Fsp3) is 0.250. The van der Waals surface area contributed by atoms with Crippen LogP contribution in [0.25, 0.3) is 0 Å². The molecule has 22 heavy (non-hydrogen) atoms. The van der Waals surface area contributed by atoms with Crippen molar-refractivity contribution in [3.8, 4) is 12.3 Å². The highest BCUT2D eigenvalue weighted by Crippen LogP contribution is 2.42. The fourth-order valence-corrected chi connectivity index (χ4v) is 3.78. The Hall–Kier alpha value is -1.98. The Morgan fingerprint density at radius 3 is 2.14 bits per heavy atom. The van der Waals surface area contributed by atoms with E-state index < -0.39 is 0 Å². The highest BCUT2D eigenvalue weighted by molar-refractivity contribution is 7.98. The molecule has 2 aromatic rings. The van der Waals surface area contributed by atoms with Crippen LogP contribution in [0.4, 0.5) is 0 Å². The SMILES string of the molecule is C#CC(CCSC)C1c2ccccc2C(=O)c2ccccc21. The Morgan fingerprint density at radius 2 is 1.64 bits per heavy atom. The van der Waals surface area contributed by atoms with Gasteiger partial charge < -0.3 is 0 Å². The Balaban J connectivity index is 2.15. The van der Waals surface area contributed by atoms with Crippen LogP contribution in [0, 0.1) is 18.3 Å². The summed E-state index contributed by atoms with van der Waals surface area (Å²) in [5.41, 5.74) is 3.76. The van der Waals surface area contributed by atoms with Crippen molar-refractivity contribution in [3.05, 3.63) is 70.8 Å². The van der Waals surface area contributed by atoms with E-state index in [2.05, 4.69) is 24.3 Å². The summed E-state index contributed by atoms with van der Waals surface area (Å²) >= 11 is 1.81. The second-order valence-electron chi connectivity index (χ2n) is 5.54. The molecule has 0 spiro atoms. The van der Waals surface area contributed by atoms with E-state index in [-0.39, 0.29) is 17.6 Å². The van der Waals surface area contributed by atoms with Crippen LogP contribution >= 0.6 is 11.8 Å². The topological polar surface area (TPSA) is 17.1 Å². The van der Waals surface area contributed by atoms with Crippen LogP contribution in [0.15, 0.2) is 48.5 Å². The molecule has 110 valence electrons. The van der Waals surface area contributed by atoms with Gasteiger partial charge >= 0.3 is 0 Å². The standard InChI is InChI=1S/C20H18OS/c1-3-14(12-13-22-2)19-15-8-4-6-10-17(15)20(21)18-11-7-5-9-16(18)19/h1,4-11,14,19H,12-13H2,2H3. The highest BCUT2D eigenvalue weighted by Gasteiger charge is 2.34. The lowest BCUT2D eigenvalue weighted by Gasteiger charge is -2.31. The molecule has 1 unspecified atom stereocenters. The van der Waals surface area contributed by atoms with Crippen LogP contribution in [0.2, 0.25) is 0 Å². The average Bonchev–Trinajstić information content (AvgIpc) is 2.58. The number of carbonyl (C=O) groups excluding carboxylic acids is 1. The third-order valence-electron chi connectivity index (χ3n) is 4.33. The van der Waals surface area contributed by atoms with Gasteiger partial charge in [-0.2, -0.15) is 11.8 Å². The summed E-state index contributed by atoms with van der Waals surface area (Å²) in [6, 6.07) is 15.8. The Bertz CT molecular complexity index is 692. The van der Waals surface area contributed by atoms with Crippen molar-refractivity contribution in [2.45, 2.75) is 12.3 Å². The first-order valence-electron chi connectivity index (χ1n) is 7.45. The van der Waals surface area contributed by atoms with Crippen molar-refractivity contribution < 1.29 is 4.79 Å². The van der Waals surface area contributed by atoms with Gasteiger partial charge in [-0.25, -0.2) is 0 Å². The van der Waals surface area contributed by atoms with Gasteiger partial charge in [0.2, 0.25) is 0 Å². The van der Waals surface area contributed by atoms with Crippen LogP contribution in [-0.2, 0) is 0 Å². The molecule has 0 bridgehead atoms. The molecule has 1 aliphatic carbocycles. The molecular weight excluding hydrogens is 288 g/mol. The van der Waals surface area contributed by atoms with Crippen molar-refractivity contribution in [2.75, 3.05) is 12.0 Å².